The number of benzene rings is 2. The highest BCUT2D eigenvalue weighted by atomic mass is 35.5. The molecule has 168 valence electrons. The predicted octanol–water partition coefficient (Wildman–Crippen LogP) is 5.24. The highest BCUT2D eigenvalue weighted by molar-refractivity contribution is 6.31. The molecule has 1 aromatic heterocycles. The van der Waals surface area contributed by atoms with E-state index >= 15 is 0 Å². The zero-order valence-electron chi connectivity index (χ0n) is 18.6. The van der Waals surface area contributed by atoms with Gasteiger partial charge < -0.3 is 18.8 Å². The monoisotopic (exact) mass is 455 g/mol. The van der Waals surface area contributed by atoms with Gasteiger partial charge >= 0.3 is 11.9 Å². The Bertz CT molecular complexity index is 1180. The summed E-state index contributed by atoms with van der Waals surface area (Å²) in [4.78, 5) is 23.9. The van der Waals surface area contributed by atoms with E-state index < -0.39 is 12.1 Å². The van der Waals surface area contributed by atoms with Gasteiger partial charge in [-0.05, 0) is 68.3 Å². The van der Waals surface area contributed by atoms with Gasteiger partial charge in [-0.2, -0.15) is 0 Å². The molecule has 0 N–H and O–H groups in total. The van der Waals surface area contributed by atoms with E-state index in [1.165, 1.54) is 13.2 Å². The zero-order valence-corrected chi connectivity index (χ0v) is 19.4. The van der Waals surface area contributed by atoms with E-state index in [-0.39, 0.29) is 12.6 Å². The smallest absolute Gasteiger partial charge is 0.346 e. The van der Waals surface area contributed by atoms with Crippen LogP contribution in [-0.4, -0.2) is 36.3 Å². The van der Waals surface area contributed by atoms with Crippen LogP contribution in [0.4, 0.5) is 0 Å². The minimum Gasteiger partial charge on any atom is -0.479 e. The Morgan fingerprint density at radius 2 is 1.94 bits per heavy atom. The average Bonchev–Trinajstić information content (AvgIpc) is 3.03. The van der Waals surface area contributed by atoms with E-state index in [2.05, 4.69) is 11.1 Å². The maximum atomic E-state index is 12.2. The summed E-state index contributed by atoms with van der Waals surface area (Å²) in [7, 11) is 1.32. The number of rotatable bonds is 8. The number of halogens is 1. The molecule has 0 spiro atoms. The highest BCUT2D eigenvalue weighted by Crippen LogP contribution is 2.30. The van der Waals surface area contributed by atoms with Gasteiger partial charge in [0.15, 0.2) is 6.10 Å². The zero-order chi connectivity index (χ0) is 23.4. The first-order chi connectivity index (χ1) is 15.3. The molecule has 0 fully saturated rings. The lowest BCUT2D eigenvalue weighted by Crippen LogP contribution is -2.24. The lowest BCUT2D eigenvalue weighted by Gasteiger charge is -2.15. The lowest BCUT2D eigenvalue weighted by molar-refractivity contribution is -0.147. The fourth-order valence-corrected chi connectivity index (χ4v) is 3.71. The summed E-state index contributed by atoms with van der Waals surface area (Å²) in [5, 5.41) is 1.56. The number of esters is 2. The van der Waals surface area contributed by atoms with Crippen LogP contribution >= 0.6 is 11.6 Å². The number of methoxy groups -OCH3 is 1. The van der Waals surface area contributed by atoms with E-state index in [0.29, 0.717) is 22.9 Å². The van der Waals surface area contributed by atoms with E-state index in [1.807, 2.05) is 32.0 Å². The van der Waals surface area contributed by atoms with Crippen LogP contribution in [0.25, 0.3) is 10.9 Å². The van der Waals surface area contributed by atoms with Gasteiger partial charge in [0.25, 0.3) is 0 Å². The molecule has 1 heterocycles. The Morgan fingerprint density at radius 3 is 2.62 bits per heavy atom. The minimum atomic E-state index is -0.732. The summed E-state index contributed by atoms with van der Waals surface area (Å²) in [5.41, 5.74) is 4.44. The Labute approximate surface area is 192 Å². The van der Waals surface area contributed by atoms with Crippen LogP contribution in [0.1, 0.15) is 34.1 Å². The Hall–Kier alpha value is -3.25. The molecule has 1 atom stereocenters. The van der Waals surface area contributed by atoms with Crippen molar-refractivity contribution in [2.45, 2.75) is 33.4 Å². The second kappa shape index (κ2) is 9.92. The molecule has 0 aliphatic heterocycles. The summed E-state index contributed by atoms with van der Waals surface area (Å²) in [6.45, 7) is 9.91. The SMILES string of the molecule is C=CCOC(=O)c1ccc2c(c1)c(C)c(C)n2Cc1cc(OC(C)C(=O)OC)ccc1Cl. The van der Waals surface area contributed by atoms with Gasteiger partial charge in [-0.3, -0.25) is 0 Å². The van der Waals surface area contributed by atoms with Gasteiger partial charge in [-0.25, -0.2) is 9.59 Å². The molecule has 2 aromatic carbocycles. The number of carbonyl (C=O) groups excluding carboxylic acids is 2. The molecule has 0 radical (unpaired) electrons. The fourth-order valence-electron chi connectivity index (χ4n) is 3.53. The van der Waals surface area contributed by atoms with Crippen LogP contribution in [0.3, 0.4) is 0 Å². The third-order valence-corrected chi connectivity index (χ3v) is 5.77. The summed E-state index contributed by atoms with van der Waals surface area (Å²) in [6, 6.07) is 10.8. The standard InChI is InChI=1S/C25H26ClNO5/c1-6-11-31-25(29)18-7-10-23-21(13-18)15(2)16(3)27(23)14-19-12-20(8-9-22(19)26)32-17(4)24(28)30-5/h6-10,12-13,17H,1,11,14H2,2-5H3. The van der Waals surface area contributed by atoms with E-state index in [4.69, 9.17) is 25.8 Å². The van der Waals surface area contributed by atoms with Gasteiger partial charge in [0.1, 0.15) is 12.4 Å². The topological polar surface area (TPSA) is 66.8 Å². The first-order valence-electron chi connectivity index (χ1n) is 10.2. The molecule has 3 aromatic rings. The second-order valence-corrected chi connectivity index (χ2v) is 7.86. The number of nitrogens with zero attached hydrogens (tertiary/aromatic N) is 1. The van der Waals surface area contributed by atoms with Gasteiger partial charge in [-0.1, -0.05) is 24.3 Å². The number of hydrogen-bond acceptors (Lipinski definition) is 5. The molecule has 0 aliphatic rings. The summed E-state index contributed by atoms with van der Waals surface area (Å²) < 4.78 is 17.7. The maximum absolute atomic E-state index is 12.2. The molecule has 0 saturated heterocycles. The van der Waals surface area contributed by atoms with Crippen molar-refractivity contribution in [3.05, 3.63) is 76.5 Å². The van der Waals surface area contributed by atoms with Crippen molar-refractivity contribution in [2.24, 2.45) is 0 Å². The van der Waals surface area contributed by atoms with Gasteiger partial charge in [-0.15, -0.1) is 0 Å². The third kappa shape index (κ3) is 4.81. The van der Waals surface area contributed by atoms with Crippen LogP contribution in [-0.2, 0) is 20.8 Å². The van der Waals surface area contributed by atoms with Gasteiger partial charge in [0, 0.05) is 28.2 Å². The molecule has 7 heteroatoms. The minimum absolute atomic E-state index is 0.168. The molecular weight excluding hydrogens is 430 g/mol. The van der Waals surface area contributed by atoms with Crippen LogP contribution in [0.5, 0.6) is 5.75 Å². The Kier molecular flexibility index (Phi) is 7.26. The van der Waals surface area contributed by atoms with Crippen LogP contribution in [0.15, 0.2) is 49.1 Å². The predicted molar refractivity (Wildman–Crippen MR) is 125 cm³/mol. The number of aryl methyl sites for hydroxylation is 1. The van der Waals surface area contributed by atoms with Crippen molar-refractivity contribution >= 4 is 34.4 Å². The van der Waals surface area contributed by atoms with Crippen molar-refractivity contribution in [3.63, 3.8) is 0 Å². The fraction of sp³-hybridized carbons (Fsp3) is 0.280. The first-order valence-corrected chi connectivity index (χ1v) is 10.5. The average molecular weight is 456 g/mol. The number of hydrogen-bond donors (Lipinski definition) is 0. The summed E-state index contributed by atoms with van der Waals surface area (Å²) >= 11 is 6.47. The summed E-state index contributed by atoms with van der Waals surface area (Å²) in [5.74, 6) is -0.309. The van der Waals surface area contributed by atoms with Crippen LogP contribution in [0, 0.1) is 13.8 Å². The van der Waals surface area contributed by atoms with E-state index in [9.17, 15) is 9.59 Å². The van der Waals surface area contributed by atoms with Crippen molar-refractivity contribution in [1.29, 1.82) is 0 Å². The molecule has 0 saturated carbocycles. The van der Waals surface area contributed by atoms with Crippen molar-refractivity contribution < 1.29 is 23.8 Å². The van der Waals surface area contributed by atoms with Crippen molar-refractivity contribution in [3.8, 4) is 5.75 Å². The highest BCUT2D eigenvalue weighted by Gasteiger charge is 2.18. The van der Waals surface area contributed by atoms with Gasteiger partial charge in [0.05, 0.1) is 12.7 Å². The maximum Gasteiger partial charge on any atom is 0.346 e. The summed E-state index contributed by atoms with van der Waals surface area (Å²) in [6.07, 6.45) is 0.806. The van der Waals surface area contributed by atoms with Gasteiger partial charge in [0.2, 0.25) is 0 Å². The number of carbonyl (C=O) groups is 2. The lowest BCUT2D eigenvalue weighted by atomic mass is 10.1. The van der Waals surface area contributed by atoms with E-state index in [1.54, 1.807) is 25.1 Å². The van der Waals surface area contributed by atoms with Crippen molar-refractivity contribution in [2.75, 3.05) is 13.7 Å². The first kappa shape index (κ1) is 23.4. The third-order valence-electron chi connectivity index (χ3n) is 5.40. The molecule has 6 nitrogen and oxygen atoms in total. The van der Waals surface area contributed by atoms with Crippen LogP contribution < -0.4 is 4.74 Å². The quantitative estimate of drug-likeness (QED) is 0.343. The van der Waals surface area contributed by atoms with Crippen LogP contribution in [0.2, 0.25) is 5.02 Å². The molecule has 1 unspecified atom stereocenters. The largest absolute Gasteiger partial charge is 0.479 e. The number of ether oxygens (including phenoxy) is 3. The Morgan fingerprint density at radius 1 is 1.19 bits per heavy atom. The second-order valence-electron chi connectivity index (χ2n) is 7.45. The molecule has 0 aliphatic carbocycles. The number of aromatic nitrogens is 1. The normalized spacial score (nSPS) is 11.8. The number of fused-ring (bicyclic) bond motifs is 1. The van der Waals surface area contributed by atoms with E-state index in [0.717, 1.165) is 27.7 Å². The molecule has 0 amide bonds. The Balaban J connectivity index is 1.94. The molecule has 3 rings (SSSR count). The molecule has 32 heavy (non-hydrogen) atoms. The van der Waals surface area contributed by atoms with Crippen molar-refractivity contribution in [1.82, 2.24) is 4.57 Å². The molecule has 0 bridgehead atoms. The molecular formula is C25H26ClNO5.